The Morgan fingerprint density at radius 2 is 1.87 bits per heavy atom. The van der Waals surface area contributed by atoms with Crippen LogP contribution >= 0.6 is 11.9 Å². The Morgan fingerprint density at radius 1 is 1.22 bits per heavy atom. The predicted octanol–water partition coefficient (Wildman–Crippen LogP) is 6.56. The Hall–Kier alpha value is -1.25. The molecule has 23 heavy (non-hydrogen) atoms. The summed E-state index contributed by atoms with van der Waals surface area (Å²) in [5.74, 6) is 0.533. The highest BCUT2D eigenvalue weighted by Gasteiger charge is 2.06. The fraction of sp³-hybridized carbons (Fsp3) is 0.429. The van der Waals surface area contributed by atoms with E-state index >= 15 is 0 Å². The summed E-state index contributed by atoms with van der Waals surface area (Å²) in [6.45, 7) is 15.4. The molecule has 0 aliphatic carbocycles. The summed E-state index contributed by atoms with van der Waals surface area (Å²) in [4.78, 5) is 1.40. The molecule has 0 amide bonds. The molecule has 0 fully saturated rings. The van der Waals surface area contributed by atoms with Gasteiger partial charge in [-0.15, -0.1) is 0 Å². The number of benzene rings is 1. The maximum Gasteiger partial charge on any atom is 0.00648 e. The first-order valence-corrected chi connectivity index (χ1v) is 9.40. The summed E-state index contributed by atoms with van der Waals surface area (Å²) in [5, 5.41) is 0. The van der Waals surface area contributed by atoms with E-state index in [1.165, 1.54) is 16.0 Å². The zero-order valence-electron chi connectivity index (χ0n) is 15.4. The number of hydrogen-bond donors (Lipinski definition) is 1. The highest BCUT2D eigenvalue weighted by molar-refractivity contribution is 8.01. The van der Waals surface area contributed by atoms with Gasteiger partial charge in [-0.1, -0.05) is 82.8 Å². The molecule has 0 heterocycles. The smallest absolute Gasteiger partial charge is 0.00648 e. The molecule has 0 aliphatic heterocycles. The summed E-state index contributed by atoms with van der Waals surface area (Å²) in [6, 6.07) is 10.7. The molecule has 0 spiro atoms. The van der Waals surface area contributed by atoms with E-state index in [9.17, 15) is 0 Å². The second-order valence-electron chi connectivity index (χ2n) is 5.38. The third kappa shape index (κ3) is 10.2. The molecule has 0 unspecified atom stereocenters. The molecular weight excluding hydrogens is 298 g/mol. The van der Waals surface area contributed by atoms with Gasteiger partial charge in [0.05, 0.1) is 0 Å². The lowest BCUT2D eigenvalue weighted by molar-refractivity contribution is 0.785. The van der Waals surface area contributed by atoms with Crippen LogP contribution in [0.1, 0.15) is 46.6 Å². The van der Waals surface area contributed by atoms with Crippen LogP contribution in [0, 0.1) is 5.92 Å². The van der Waals surface area contributed by atoms with E-state index in [1.54, 1.807) is 11.9 Å². The molecule has 0 saturated carbocycles. The first-order chi connectivity index (χ1) is 11.1. The van der Waals surface area contributed by atoms with E-state index < -0.39 is 0 Å². The first-order valence-electron chi connectivity index (χ1n) is 8.58. The average Bonchev–Trinajstić information content (AvgIpc) is 2.58. The quantitative estimate of drug-likeness (QED) is 0.312. The molecule has 0 radical (unpaired) electrons. The minimum atomic E-state index is 0.533. The van der Waals surface area contributed by atoms with Gasteiger partial charge in [-0.2, -0.15) is 0 Å². The Morgan fingerprint density at radius 3 is 2.43 bits per heavy atom. The van der Waals surface area contributed by atoms with Crippen LogP contribution < -0.4 is 4.72 Å². The molecule has 0 aromatic heterocycles. The topological polar surface area (TPSA) is 12.0 Å². The van der Waals surface area contributed by atoms with Gasteiger partial charge in [0.15, 0.2) is 0 Å². The van der Waals surface area contributed by atoms with Crippen molar-refractivity contribution in [3.05, 3.63) is 71.2 Å². The highest BCUT2D eigenvalue weighted by Crippen LogP contribution is 2.26. The van der Waals surface area contributed by atoms with Crippen LogP contribution in [0.2, 0.25) is 0 Å². The maximum absolute atomic E-state index is 3.72. The van der Waals surface area contributed by atoms with Crippen LogP contribution in [0.25, 0.3) is 0 Å². The highest BCUT2D eigenvalue weighted by atomic mass is 32.2. The van der Waals surface area contributed by atoms with Crippen LogP contribution in [0.4, 0.5) is 0 Å². The molecule has 0 atom stereocenters. The van der Waals surface area contributed by atoms with Crippen LogP contribution in [0.5, 0.6) is 0 Å². The number of nitrogens with one attached hydrogen (secondary N) is 1. The van der Waals surface area contributed by atoms with Crippen LogP contribution in [0.3, 0.4) is 0 Å². The second-order valence-corrected chi connectivity index (χ2v) is 6.31. The lowest BCUT2D eigenvalue weighted by atomic mass is 10.1. The van der Waals surface area contributed by atoms with Crippen LogP contribution in [0.15, 0.2) is 65.6 Å². The summed E-state index contributed by atoms with van der Waals surface area (Å²) in [5.41, 5.74) is 2.72. The van der Waals surface area contributed by atoms with Crippen molar-refractivity contribution in [2.45, 2.75) is 47.5 Å². The van der Waals surface area contributed by atoms with E-state index in [1.807, 2.05) is 26.0 Å². The third-order valence-corrected chi connectivity index (χ3v) is 4.53. The summed E-state index contributed by atoms with van der Waals surface area (Å²) >= 11 is 1.77. The van der Waals surface area contributed by atoms with E-state index in [0.29, 0.717) is 5.92 Å². The van der Waals surface area contributed by atoms with Crippen molar-refractivity contribution in [1.82, 2.24) is 4.72 Å². The zero-order chi connectivity index (χ0) is 17.5. The van der Waals surface area contributed by atoms with Gasteiger partial charge in [-0.25, -0.2) is 0 Å². The average molecular weight is 332 g/mol. The van der Waals surface area contributed by atoms with Gasteiger partial charge in [0, 0.05) is 11.4 Å². The Labute approximate surface area is 148 Å². The Balaban J connectivity index is 0.00000232. The minimum absolute atomic E-state index is 0.533. The summed E-state index contributed by atoms with van der Waals surface area (Å²) < 4.78 is 3.49. The molecule has 128 valence electrons. The number of aryl methyl sites for hydroxylation is 1. The number of allylic oxidation sites excluding steroid dienone is 5. The van der Waals surface area contributed by atoms with Crippen molar-refractivity contribution in [2.75, 3.05) is 6.54 Å². The maximum atomic E-state index is 3.72. The molecule has 0 bridgehead atoms. The van der Waals surface area contributed by atoms with Gasteiger partial charge in [-0.3, -0.25) is 4.72 Å². The molecule has 1 nitrogen and oxygen atoms in total. The van der Waals surface area contributed by atoms with Gasteiger partial charge in [-0.05, 0) is 48.8 Å². The fourth-order valence-corrected chi connectivity index (χ4v) is 2.95. The monoisotopic (exact) mass is 331 g/mol. The molecule has 0 saturated heterocycles. The predicted molar refractivity (Wildman–Crippen MR) is 109 cm³/mol. The second kappa shape index (κ2) is 14.3. The molecular formula is C21H33NS. The van der Waals surface area contributed by atoms with Gasteiger partial charge in [0.1, 0.15) is 0 Å². The normalized spacial score (nSPS) is 11.9. The zero-order valence-corrected chi connectivity index (χ0v) is 16.2. The number of hydrogen-bond acceptors (Lipinski definition) is 2. The standard InChI is InChI=1S/C19H27NS.C2H6/c1-5-6-11-17(4)19(16(2)3)21-20-15-10-14-18-12-8-7-9-13-18;1-2/h5-9,11-13,16,20H,1,10,14-15H2,2-4H3;1-2H3/b11-6-,19-17+;. The van der Waals surface area contributed by atoms with E-state index in [0.717, 1.165) is 19.4 Å². The van der Waals surface area contributed by atoms with E-state index in [2.05, 4.69) is 68.5 Å². The molecule has 1 aromatic carbocycles. The first kappa shape index (κ1) is 21.8. The van der Waals surface area contributed by atoms with E-state index in [4.69, 9.17) is 0 Å². The van der Waals surface area contributed by atoms with Crippen molar-refractivity contribution < 1.29 is 0 Å². The minimum Gasteiger partial charge on any atom is -0.260 e. The van der Waals surface area contributed by atoms with Gasteiger partial charge >= 0.3 is 0 Å². The van der Waals surface area contributed by atoms with Crippen molar-refractivity contribution in [3.63, 3.8) is 0 Å². The van der Waals surface area contributed by atoms with Crippen molar-refractivity contribution >= 4 is 11.9 Å². The molecule has 1 aromatic rings. The Kier molecular flexibility index (Phi) is 13.6. The number of rotatable bonds is 9. The third-order valence-electron chi connectivity index (χ3n) is 3.16. The molecule has 1 rings (SSSR count). The van der Waals surface area contributed by atoms with Crippen molar-refractivity contribution in [1.29, 1.82) is 0 Å². The summed E-state index contributed by atoms with van der Waals surface area (Å²) in [7, 11) is 0. The van der Waals surface area contributed by atoms with Crippen LogP contribution in [-0.2, 0) is 6.42 Å². The van der Waals surface area contributed by atoms with E-state index in [-0.39, 0.29) is 0 Å². The molecule has 1 N–H and O–H groups in total. The van der Waals surface area contributed by atoms with Gasteiger partial charge in [0.2, 0.25) is 0 Å². The fourth-order valence-electron chi connectivity index (χ4n) is 2.09. The van der Waals surface area contributed by atoms with Crippen molar-refractivity contribution in [2.24, 2.45) is 5.92 Å². The molecule has 0 aliphatic rings. The van der Waals surface area contributed by atoms with Crippen molar-refractivity contribution in [3.8, 4) is 0 Å². The lowest BCUT2D eigenvalue weighted by Gasteiger charge is -2.14. The Bertz CT molecular complexity index is 472. The van der Waals surface area contributed by atoms with Gasteiger partial charge in [0.25, 0.3) is 0 Å². The SMILES string of the molecule is C=C/C=C\C(C)=C(\SNCCCc1ccccc1)C(C)C.CC. The van der Waals surface area contributed by atoms with Gasteiger partial charge < -0.3 is 0 Å². The lowest BCUT2D eigenvalue weighted by Crippen LogP contribution is -2.09. The largest absolute Gasteiger partial charge is 0.260 e. The van der Waals surface area contributed by atoms with Crippen LogP contribution in [-0.4, -0.2) is 6.54 Å². The summed E-state index contributed by atoms with van der Waals surface area (Å²) in [6.07, 6.45) is 8.22. The molecule has 2 heteroatoms.